The van der Waals surface area contributed by atoms with Crippen molar-refractivity contribution in [3.8, 4) is 0 Å². The normalized spacial score (nSPS) is 30.8. The average Bonchev–Trinajstić information content (AvgIpc) is 2.14. The van der Waals surface area contributed by atoms with Gasteiger partial charge in [0.15, 0.2) is 0 Å². The molecule has 2 unspecified atom stereocenters. The third-order valence-corrected chi connectivity index (χ3v) is 2.97. The van der Waals surface area contributed by atoms with Crippen LogP contribution in [0.5, 0.6) is 0 Å². The Labute approximate surface area is 77.0 Å². The molecule has 12 heavy (non-hydrogen) atoms. The van der Waals surface area contributed by atoms with Gasteiger partial charge in [-0.3, -0.25) is 0 Å². The second kappa shape index (κ2) is 7.35. The number of fused-ring (bicyclic) bond motifs is 1. The third-order valence-electron chi connectivity index (χ3n) is 2.97. The van der Waals surface area contributed by atoms with Crippen LogP contribution in [-0.2, 0) is 0 Å². The molecule has 2 aliphatic carbocycles. The summed E-state index contributed by atoms with van der Waals surface area (Å²) < 4.78 is 0. The molecule has 2 rings (SSSR count). The molecule has 0 bridgehead atoms. The molecule has 1 heteroatoms. The summed E-state index contributed by atoms with van der Waals surface area (Å²) in [5.74, 6) is 2.37. The number of rotatable bonds is 0. The van der Waals surface area contributed by atoms with E-state index in [-0.39, 0.29) is 0 Å². The van der Waals surface area contributed by atoms with Crippen molar-refractivity contribution in [2.24, 2.45) is 17.6 Å². The first kappa shape index (κ1) is 11.7. The molecular weight excluding hydrogens is 146 g/mol. The highest BCUT2D eigenvalue weighted by Crippen LogP contribution is 2.44. The van der Waals surface area contributed by atoms with Gasteiger partial charge in [0, 0.05) is 0 Å². The predicted octanol–water partition coefficient (Wildman–Crippen LogP) is 2.96. The third kappa shape index (κ3) is 2.98. The molecule has 2 saturated carbocycles. The molecule has 0 aromatic carbocycles. The first-order valence-corrected chi connectivity index (χ1v) is 5.04. The quantitative estimate of drug-likeness (QED) is 0.554. The molecular formula is C11H23N. The Morgan fingerprint density at radius 3 is 1.33 bits per heavy atom. The molecule has 0 aliphatic heterocycles. The van der Waals surface area contributed by atoms with Crippen molar-refractivity contribution in [3.63, 3.8) is 0 Å². The molecule has 0 saturated heterocycles. The Kier molecular flexibility index (Phi) is 7.17. The topological polar surface area (TPSA) is 26.0 Å². The Morgan fingerprint density at radius 2 is 1.17 bits per heavy atom. The van der Waals surface area contributed by atoms with Crippen LogP contribution in [0, 0.1) is 11.8 Å². The fourth-order valence-corrected chi connectivity index (χ4v) is 2.21. The van der Waals surface area contributed by atoms with E-state index < -0.39 is 0 Å². The Bertz CT molecular complexity index is 89.2. The molecule has 0 aromatic rings. The van der Waals surface area contributed by atoms with Crippen molar-refractivity contribution in [3.05, 3.63) is 13.2 Å². The predicted molar refractivity (Wildman–Crippen MR) is 56.0 cm³/mol. The first-order chi connectivity index (χ1) is 5.97. The van der Waals surface area contributed by atoms with Crippen LogP contribution in [0.1, 0.15) is 38.5 Å². The largest absolute Gasteiger partial charge is 0.333 e. The molecule has 0 radical (unpaired) electrons. The summed E-state index contributed by atoms with van der Waals surface area (Å²) >= 11 is 0. The van der Waals surface area contributed by atoms with E-state index in [4.69, 9.17) is 0 Å². The van der Waals surface area contributed by atoms with Crippen molar-refractivity contribution in [1.82, 2.24) is 0 Å². The summed E-state index contributed by atoms with van der Waals surface area (Å²) in [7, 11) is 1.50. The molecule has 0 heterocycles. The molecule has 1 nitrogen and oxygen atoms in total. The highest BCUT2D eigenvalue weighted by atomic mass is 14.4. The second-order valence-corrected chi connectivity index (χ2v) is 3.38. The highest BCUT2D eigenvalue weighted by molar-refractivity contribution is 4.83. The molecule has 2 fully saturated rings. The average molecular weight is 169 g/mol. The summed E-state index contributed by atoms with van der Waals surface area (Å²) in [4.78, 5) is 0. The Morgan fingerprint density at radius 1 is 0.833 bits per heavy atom. The first-order valence-electron chi connectivity index (χ1n) is 5.04. The molecule has 2 atom stereocenters. The van der Waals surface area contributed by atoms with E-state index in [1.54, 1.807) is 25.7 Å². The van der Waals surface area contributed by atoms with Gasteiger partial charge in [-0.05, 0) is 31.7 Å². The van der Waals surface area contributed by atoms with Crippen LogP contribution in [0.2, 0.25) is 0 Å². The van der Waals surface area contributed by atoms with E-state index in [1.165, 1.54) is 31.7 Å². The fourth-order valence-electron chi connectivity index (χ4n) is 2.21. The summed E-state index contributed by atoms with van der Waals surface area (Å²) in [6.45, 7) is 6.00. The standard InChI is InChI=1S/C8H14.C2H4.CH5N/c1-2-4-8-6-5-7(8)3-1;2*1-2/h7-8H,1-6H2;1-2H2;2H2,1H3. The van der Waals surface area contributed by atoms with Gasteiger partial charge in [0.1, 0.15) is 0 Å². The van der Waals surface area contributed by atoms with Crippen molar-refractivity contribution < 1.29 is 0 Å². The lowest BCUT2D eigenvalue weighted by Crippen LogP contribution is -2.28. The van der Waals surface area contributed by atoms with Gasteiger partial charge < -0.3 is 5.73 Å². The zero-order chi connectivity index (χ0) is 9.40. The van der Waals surface area contributed by atoms with Gasteiger partial charge in [-0.15, -0.1) is 13.2 Å². The van der Waals surface area contributed by atoms with Crippen LogP contribution in [-0.4, -0.2) is 7.05 Å². The molecule has 2 N–H and O–H groups in total. The lowest BCUT2D eigenvalue weighted by molar-refractivity contribution is 0.115. The Balaban J connectivity index is 0.000000269. The summed E-state index contributed by atoms with van der Waals surface area (Å²) in [5, 5.41) is 0. The van der Waals surface area contributed by atoms with E-state index >= 15 is 0 Å². The van der Waals surface area contributed by atoms with Crippen LogP contribution in [0.4, 0.5) is 0 Å². The zero-order valence-electron chi connectivity index (χ0n) is 8.39. The second-order valence-electron chi connectivity index (χ2n) is 3.38. The zero-order valence-corrected chi connectivity index (χ0v) is 8.39. The van der Waals surface area contributed by atoms with Gasteiger partial charge >= 0.3 is 0 Å². The Hall–Kier alpha value is -0.300. The monoisotopic (exact) mass is 169 g/mol. The van der Waals surface area contributed by atoms with Crippen LogP contribution in [0.15, 0.2) is 13.2 Å². The van der Waals surface area contributed by atoms with E-state index in [1.807, 2.05) is 0 Å². The van der Waals surface area contributed by atoms with Crippen molar-refractivity contribution in [2.45, 2.75) is 38.5 Å². The summed E-state index contributed by atoms with van der Waals surface area (Å²) in [5.41, 5.74) is 4.50. The maximum atomic E-state index is 4.50. The van der Waals surface area contributed by atoms with E-state index in [0.29, 0.717) is 0 Å². The van der Waals surface area contributed by atoms with Crippen molar-refractivity contribution in [1.29, 1.82) is 0 Å². The smallest absolute Gasteiger partial charge is 0.0195 e. The molecule has 0 spiro atoms. The molecule has 2 aliphatic rings. The van der Waals surface area contributed by atoms with Gasteiger partial charge in [0.25, 0.3) is 0 Å². The van der Waals surface area contributed by atoms with Gasteiger partial charge in [-0.1, -0.05) is 25.7 Å². The van der Waals surface area contributed by atoms with Crippen molar-refractivity contribution >= 4 is 0 Å². The maximum Gasteiger partial charge on any atom is -0.0195 e. The molecule has 0 amide bonds. The van der Waals surface area contributed by atoms with Gasteiger partial charge in [0.05, 0.1) is 0 Å². The number of nitrogens with two attached hydrogens (primary N) is 1. The summed E-state index contributed by atoms with van der Waals surface area (Å²) in [6, 6.07) is 0. The van der Waals surface area contributed by atoms with Gasteiger partial charge in [0.2, 0.25) is 0 Å². The summed E-state index contributed by atoms with van der Waals surface area (Å²) in [6.07, 6.45) is 9.30. The highest BCUT2D eigenvalue weighted by Gasteiger charge is 2.31. The fraction of sp³-hybridized carbons (Fsp3) is 0.818. The van der Waals surface area contributed by atoms with Crippen molar-refractivity contribution in [2.75, 3.05) is 7.05 Å². The minimum absolute atomic E-state index is 1.18. The lowest BCUT2D eigenvalue weighted by atomic mass is 9.66. The molecule has 72 valence electrons. The van der Waals surface area contributed by atoms with E-state index in [0.717, 1.165) is 0 Å². The number of hydrogen-bond acceptors (Lipinski definition) is 1. The minimum Gasteiger partial charge on any atom is -0.333 e. The number of hydrogen-bond donors (Lipinski definition) is 1. The lowest BCUT2D eigenvalue weighted by Gasteiger charge is -2.40. The van der Waals surface area contributed by atoms with Crippen LogP contribution in [0.3, 0.4) is 0 Å². The minimum atomic E-state index is 1.18. The SMILES string of the molecule is C1CCC2CCC2C1.C=C.CN. The molecule has 0 aromatic heterocycles. The van der Waals surface area contributed by atoms with Gasteiger partial charge in [-0.25, -0.2) is 0 Å². The maximum absolute atomic E-state index is 4.50. The van der Waals surface area contributed by atoms with E-state index in [9.17, 15) is 0 Å². The van der Waals surface area contributed by atoms with E-state index in [2.05, 4.69) is 18.9 Å². The van der Waals surface area contributed by atoms with Crippen LogP contribution in [0.25, 0.3) is 0 Å². The van der Waals surface area contributed by atoms with Gasteiger partial charge in [-0.2, -0.15) is 0 Å². The van der Waals surface area contributed by atoms with Crippen LogP contribution >= 0.6 is 0 Å². The van der Waals surface area contributed by atoms with Crippen LogP contribution < -0.4 is 5.73 Å².